The van der Waals surface area contributed by atoms with Gasteiger partial charge < -0.3 is 4.74 Å². The average Bonchev–Trinajstić information content (AvgIpc) is 2.44. The van der Waals surface area contributed by atoms with Gasteiger partial charge in [-0.2, -0.15) is 13.2 Å². The molecule has 120 valence electrons. The number of hydrogen-bond acceptors (Lipinski definition) is 2. The second-order valence-electron chi connectivity index (χ2n) is 5.14. The van der Waals surface area contributed by atoms with Crippen molar-refractivity contribution in [3.63, 3.8) is 0 Å². The molecule has 1 heterocycles. The number of benzene rings is 1. The summed E-state index contributed by atoms with van der Waals surface area (Å²) in [7, 11) is 0. The van der Waals surface area contributed by atoms with Crippen LogP contribution in [-0.2, 0) is 11.3 Å². The van der Waals surface area contributed by atoms with E-state index in [1.54, 1.807) is 30.3 Å². The Morgan fingerprint density at radius 2 is 1.95 bits per heavy atom. The molecule has 0 aliphatic carbocycles. The Morgan fingerprint density at radius 3 is 2.64 bits per heavy atom. The zero-order chi connectivity index (χ0) is 16.0. The summed E-state index contributed by atoms with van der Waals surface area (Å²) in [5.74, 6) is 0. The van der Waals surface area contributed by atoms with Crippen molar-refractivity contribution in [3.05, 3.63) is 48.0 Å². The highest BCUT2D eigenvalue weighted by atomic mass is 19.4. The number of amides is 1. The molecule has 1 unspecified atom stereocenters. The molecular formula is C16H18F3NO2. The molecular weight excluding hydrogens is 295 g/mol. The third kappa shape index (κ3) is 4.51. The van der Waals surface area contributed by atoms with E-state index >= 15 is 0 Å². The first-order valence-electron chi connectivity index (χ1n) is 7.17. The van der Waals surface area contributed by atoms with Crippen molar-refractivity contribution < 1.29 is 22.7 Å². The standard InChI is InChI=1S/C16H18F3NO2/c17-16(18,19)14-10-6-1-2-7-11-20(14)15(21)22-12-13-8-4-3-5-9-13/h1,3-6,8-9,14H,2,7,10-12H2/b6-1-. The first-order valence-corrected chi connectivity index (χ1v) is 7.17. The highest BCUT2D eigenvalue weighted by Gasteiger charge is 2.45. The van der Waals surface area contributed by atoms with Crippen LogP contribution < -0.4 is 0 Å². The van der Waals surface area contributed by atoms with Gasteiger partial charge in [0.05, 0.1) is 0 Å². The van der Waals surface area contributed by atoms with E-state index in [0.717, 1.165) is 10.5 Å². The summed E-state index contributed by atoms with van der Waals surface area (Å²) in [4.78, 5) is 12.9. The number of carbonyl (C=O) groups is 1. The Kier molecular flexibility index (Phi) is 5.46. The molecule has 0 bridgehead atoms. The summed E-state index contributed by atoms with van der Waals surface area (Å²) in [6, 6.07) is 7.06. The van der Waals surface area contributed by atoms with Crippen molar-refractivity contribution >= 4 is 6.09 Å². The Hall–Kier alpha value is -1.98. The van der Waals surface area contributed by atoms with Crippen LogP contribution >= 0.6 is 0 Å². The molecule has 0 N–H and O–H groups in total. The lowest BCUT2D eigenvalue weighted by Gasteiger charge is -2.32. The van der Waals surface area contributed by atoms with E-state index in [4.69, 9.17) is 4.74 Å². The molecule has 1 aromatic carbocycles. The largest absolute Gasteiger partial charge is 0.445 e. The third-order valence-corrected chi connectivity index (χ3v) is 3.49. The summed E-state index contributed by atoms with van der Waals surface area (Å²) >= 11 is 0. The van der Waals surface area contributed by atoms with Crippen LogP contribution in [0.2, 0.25) is 0 Å². The van der Waals surface area contributed by atoms with Gasteiger partial charge in [0.1, 0.15) is 12.6 Å². The predicted octanol–water partition coefficient (Wildman–Crippen LogP) is 4.30. The summed E-state index contributed by atoms with van der Waals surface area (Å²) < 4.78 is 44.5. The van der Waals surface area contributed by atoms with E-state index in [-0.39, 0.29) is 19.6 Å². The van der Waals surface area contributed by atoms with Crippen LogP contribution in [0.4, 0.5) is 18.0 Å². The van der Waals surface area contributed by atoms with Crippen molar-refractivity contribution in [2.24, 2.45) is 0 Å². The fourth-order valence-electron chi connectivity index (χ4n) is 2.34. The fourth-order valence-corrected chi connectivity index (χ4v) is 2.34. The van der Waals surface area contributed by atoms with Crippen LogP contribution in [0.1, 0.15) is 24.8 Å². The summed E-state index contributed by atoms with van der Waals surface area (Å²) in [5, 5.41) is 0. The minimum atomic E-state index is -4.46. The molecule has 1 aliphatic rings. The van der Waals surface area contributed by atoms with Gasteiger partial charge in [0, 0.05) is 6.54 Å². The fraction of sp³-hybridized carbons (Fsp3) is 0.438. The minimum absolute atomic E-state index is 0.0312. The van der Waals surface area contributed by atoms with E-state index in [9.17, 15) is 18.0 Å². The van der Waals surface area contributed by atoms with Gasteiger partial charge in [-0.3, -0.25) is 4.90 Å². The van der Waals surface area contributed by atoms with Gasteiger partial charge in [0.25, 0.3) is 0 Å². The molecule has 0 spiro atoms. The molecule has 0 radical (unpaired) electrons. The molecule has 0 saturated carbocycles. The van der Waals surface area contributed by atoms with Crippen molar-refractivity contribution in [3.8, 4) is 0 Å². The molecule has 6 heteroatoms. The van der Waals surface area contributed by atoms with Gasteiger partial charge in [-0.15, -0.1) is 0 Å². The number of allylic oxidation sites excluding steroid dienone is 1. The Bertz CT molecular complexity index is 514. The van der Waals surface area contributed by atoms with E-state index < -0.39 is 18.3 Å². The van der Waals surface area contributed by atoms with E-state index in [1.165, 1.54) is 6.08 Å². The van der Waals surface area contributed by atoms with Crippen LogP contribution in [0.15, 0.2) is 42.5 Å². The number of halogens is 3. The molecule has 0 fully saturated rings. The maximum Gasteiger partial charge on any atom is 0.410 e. The number of nitrogens with zero attached hydrogens (tertiary/aromatic N) is 1. The zero-order valence-corrected chi connectivity index (χ0v) is 12.1. The molecule has 0 aromatic heterocycles. The molecule has 1 amide bonds. The molecule has 1 aliphatic heterocycles. The van der Waals surface area contributed by atoms with Gasteiger partial charge >= 0.3 is 12.3 Å². The Morgan fingerprint density at radius 1 is 1.23 bits per heavy atom. The van der Waals surface area contributed by atoms with Crippen molar-refractivity contribution in [2.75, 3.05) is 6.54 Å². The topological polar surface area (TPSA) is 29.5 Å². The van der Waals surface area contributed by atoms with E-state index in [0.29, 0.717) is 12.8 Å². The lowest BCUT2D eigenvalue weighted by molar-refractivity contribution is -0.178. The monoisotopic (exact) mass is 313 g/mol. The zero-order valence-electron chi connectivity index (χ0n) is 12.1. The lowest BCUT2D eigenvalue weighted by Crippen LogP contribution is -2.49. The first kappa shape index (κ1) is 16.4. The Balaban J connectivity index is 2.05. The number of carbonyl (C=O) groups excluding carboxylic acids is 1. The van der Waals surface area contributed by atoms with Gasteiger partial charge in [-0.1, -0.05) is 42.5 Å². The normalized spacial score (nSPS) is 20.9. The second kappa shape index (κ2) is 7.33. The first-order chi connectivity index (χ1) is 10.5. The summed E-state index contributed by atoms with van der Waals surface area (Å²) in [5.41, 5.74) is 0.742. The predicted molar refractivity (Wildman–Crippen MR) is 76.2 cm³/mol. The number of alkyl halides is 3. The molecule has 0 saturated heterocycles. The van der Waals surface area contributed by atoms with E-state index in [2.05, 4.69) is 0 Å². The van der Waals surface area contributed by atoms with Crippen LogP contribution in [0.5, 0.6) is 0 Å². The van der Waals surface area contributed by atoms with E-state index in [1.807, 2.05) is 6.07 Å². The molecule has 1 atom stereocenters. The maximum absolute atomic E-state index is 13.1. The van der Waals surface area contributed by atoms with Gasteiger partial charge in [-0.25, -0.2) is 4.79 Å². The van der Waals surface area contributed by atoms with Crippen LogP contribution in [0.3, 0.4) is 0 Å². The summed E-state index contributed by atoms with van der Waals surface area (Å²) in [6.45, 7) is 0.0126. The smallest absolute Gasteiger partial charge is 0.410 e. The van der Waals surface area contributed by atoms with Crippen molar-refractivity contribution in [1.82, 2.24) is 4.90 Å². The molecule has 22 heavy (non-hydrogen) atoms. The highest BCUT2D eigenvalue weighted by molar-refractivity contribution is 5.68. The number of ether oxygens (including phenoxy) is 1. The number of hydrogen-bond donors (Lipinski definition) is 0. The second-order valence-corrected chi connectivity index (χ2v) is 5.14. The van der Waals surface area contributed by atoms with Gasteiger partial charge in [-0.05, 0) is 24.8 Å². The average molecular weight is 313 g/mol. The van der Waals surface area contributed by atoms with Gasteiger partial charge in [0.15, 0.2) is 0 Å². The third-order valence-electron chi connectivity index (χ3n) is 3.49. The van der Waals surface area contributed by atoms with Gasteiger partial charge in [0.2, 0.25) is 0 Å². The molecule has 2 rings (SSSR count). The quantitative estimate of drug-likeness (QED) is 0.762. The summed E-state index contributed by atoms with van der Waals surface area (Å²) in [6.07, 6.45) is -1.25. The highest BCUT2D eigenvalue weighted by Crippen LogP contribution is 2.29. The SMILES string of the molecule is O=C(OCc1ccccc1)N1CCC/C=C\CC1C(F)(F)F. The molecule has 3 nitrogen and oxygen atoms in total. The molecule has 1 aromatic rings. The van der Waals surface area contributed by atoms with Crippen LogP contribution in [0.25, 0.3) is 0 Å². The van der Waals surface area contributed by atoms with Crippen molar-refractivity contribution in [1.29, 1.82) is 0 Å². The van der Waals surface area contributed by atoms with Crippen LogP contribution in [0, 0.1) is 0 Å². The van der Waals surface area contributed by atoms with Crippen LogP contribution in [-0.4, -0.2) is 29.8 Å². The maximum atomic E-state index is 13.1. The number of rotatable bonds is 2. The Labute approximate surface area is 127 Å². The minimum Gasteiger partial charge on any atom is -0.445 e. The lowest BCUT2D eigenvalue weighted by atomic mass is 10.1. The van der Waals surface area contributed by atoms with Crippen molar-refractivity contribution in [2.45, 2.75) is 38.1 Å².